The fourth-order valence-corrected chi connectivity index (χ4v) is 2.83. The maximum atomic E-state index is 13.2. The van der Waals surface area contributed by atoms with E-state index in [1.165, 1.54) is 16.8 Å². The zero-order valence-corrected chi connectivity index (χ0v) is 15.6. The van der Waals surface area contributed by atoms with Gasteiger partial charge in [0.15, 0.2) is 0 Å². The minimum absolute atomic E-state index is 0.199. The van der Waals surface area contributed by atoms with Gasteiger partial charge >= 0.3 is 0 Å². The second-order valence-corrected chi connectivity index (χ2v) is 6.85. The summed E-state index contributed by atoms with van der Waals surface area (Å²) in [5, 5.41) is 4.31. The van der Waals surface area contributed by atoms with E-state index >= 15 is 0 Å². The third-order valence-electron chi connectivity index (χ3n) is 4.12. The van der Waals surface area contributed by atoms with E-state index in [-0.39, 0.29) is 23.1 Å². The van der Waals surface area contributed by atoms with Crippen LogP contribution in [0.15, 0.2) is 77.6 Å². The van der Waals surface area contributed by atoms with Gasteiger partial charge < -0.3 is 4.90 Å². The van der Waals surface area contributed by atoms with E-state index in [2.05, 4.69) is 5.10 Å². The number of aromatic nitrogens is 2. The summed E-state index contributed by atoms with van der Waals surface area (Å²) in [7, 11) is 0. The van der Waals surface area contributed by atoms with Gasteiger partial charge in [-0.15, -0.1) is 0 Å². The van der Waals surface area contributed by atoms with Crippen molar-refractivity contribution in [2.24, 2.45) is 5.92 Å². The second-order valence-electron chi connectivity index (χ2n) is 6.85. The molecular weight excluding hydrogens is 338 g/mol. The van der Waals surface area contributed by atoms with Crippen molar-refractivity contribution in [3.8, 4) is 0 Å². The fourth-order valence-electron chi connectivity index (χ4n) is 2.83. The minimum atomic E-state index is -0.234. The Hall–Kier alpha value is -3.21. The van der Waals surface area contributed by atoms with Crippen LogP contribution in [0.2, 0.25) is 0 Å². The predicted molar refractivity (Wildman–Crippen MR) is 107 cm³/mol. The van der Waals surface area contributed by atoms with Crippen LogP contribution >= 0.6 is 0 Å². The maximum absolute atomic E-state index is 13.2. The van der Waals surface area contributed by atoms with Gasteiger partial charge in [0.2, 0.25) is 0 Å². The molecule has 3 aromatic rings. The molecule has 1 heterocycles. The zero-order chi connectivity index (χ0) is 19.2. The van der Waals surface area contributed by atoms with Gasteiger partial charge in [0.1, 0.15) is 5.69 Å². The highest BCUT2D eigenvalue weighted by atomic mass is 16.2. The summed E-state index contributed by atoms with van der Waals surface area (Å²) in [5.41, 5.74) is 1.87. The molecule has 0 spiro atoms. The van der Waals surface area contributed by atoms with Crippen LogP contribution in [-0.2, 0) is 13.1 Å². The van der Waals surface area contributed by atoms with E-state index in [4.69, 9.17) is 0 Å². The van der Waals surface area contributed by atoms with Crippen molar-refractivity contribution in [3.63, 3.8) is 0 Å². The number of carbonyl (C=O) groups excluding carboxylic acids is 1. The molecule has 27 heavy (non-hydrogen) atoms. The Morgan fingerprint density at radius 2 is 1.59 bits per heavy atom. The lowest BCUT2D eigenvalue weighted by atomic mass is 10.1. The standard InChI is InChI=1S/C22H23N3O2/c1-17(2)15-25-21(26)14-13-20(23-25)22(27)24(19-11-7-4-8-12-19)16-18-9-5-3-6-10-18/h3-14,17H,15-16H2,1-2H3. The number of benzene rings is 2. The molecule has 0 fully saturated rings. The molecule has 138 valence electrons. The molecule has 3 rings (SSSR count). The number of anilines is 1. The zero-order valence-electron chi connectivity index (χ0n) is 15.6. The van der Waals surface area contributed by atoms with E-state index in [1.54, 1.807) is 4.90 Å². The molecule has 0 aliphatic carbocycles. The monoisotopic (exact) mass is 361 g/mol. The van der Waals surface area contributed by atoms with Crippen molar-refractivity contribution in [1.29, 1.82) is 0 Å². The first-order valence-corrected chi connectivity index (χ1v) is 9.03. The van der Waals surface area contributed by atoms with Crippen molar-refractivity contribution in [2.45, 2.75) is 26.9 Å². The second kappa shape index (κ2) is 8.45. The molecule has 2 aromatic carbocycles. The van der Waals surface area contributed by atoms with Crippen LogP contribution in [0.3, 0.4) is 0 Å². The minimum Gasteiger partial charge on any atom is -0.303 e. The number of para-hydroxylation sites is 1. The van der Waals surface area contributed by atoms with Crippen LogP contribution in [0.5, 0.6) is 0 Å². The van der Waals surface area contributed by atoms with Crippen molar-refractivity contribution in [2.75, 3.05) is 4.90 Å². The van der Waals surface area contributed by atoms with Gasteiger partial charge in [-0.25, -0.2) is 4.68 Å². The van der Waals surface area contributed by atoms with Crippen LogP contribution < -0.4 is 10.5 Å². The van der Waals surface area contributed by atoms with E-state index in [0.29, 0.717) is 13.1 Å². The van der Waals surface area contributed by atoms with Gasteiger partial charge in [-0.1, -0.05) is 62.4 Å². The first-order chi connectivity index (χ1) is 13.0. The van der Waals surface area contributed by atoms with E-state index < -0.39 is 0 Å². The number of rotatable bonds is 6. The lowest BCUT2D eigenvalue weighted by Crippen LogP contribution is -2.34. The SMILES string of the molecule is CC(C)Cn1nc(C(=O)N(Cc2ccccc2)c2ccccc2)ccc1=O. The lowest BCUT2D eigenvalue weighted by molar-refractivity contribution is 0.0977. The third-order valence-corrected chi connectivity index (χ3v) is 4.12. The fraction of sp³-hybridized carbons (Fsp3) is 0.227. The summed E-state index contributed by atoms with van der Waals surface area (Å²) < 4.78 is 1.36. The summed E-state index contributed by atoms with van der Waals surface area (Å²) in [6, 6.07) is 22.2. The number of amides is 1. The van der Waals surface area contributed by atoms with Crippen LogP contribution in [0, 0.1) is 5.92 Å². The van der Waals surface area contributed by atoms with Crippen molar-refractivity contribution in [3.05, 3.63) is 94.4 Å². The smallest absolute Gasteiger partial charge is 0.279 e. The summed E-state index contributed by atoms with van der Waals surface area (Å²) in [5.74, 6) is 0.0256. The molecule has 0 unspecified atom stereocenters. The van der Waals surface area contributed by atoms with Crippen molar-refractivity contribution >= 4 is 11.6 Å². The number of carbonyl (C=O) groups is 1. The molecule has 0 aliphatic rings. The first-order valence-electron chi connectivity index (χ1n) is 9.03. The average molecular weight is 361 g/mol. The Labute approximate surface area is 158 Å². The highest BCUT2D eigenvalue weighted by Crippen LogP contribution is 2.19. The average Bonchev–Trinajstić information content (AvgIpc) is 2.68. The topological polar surface area (TPSA) is 55.2 Å². The molecule has 0 bridgehead atoms. The predicted octanol–water partition coefficient (Wildman–Crippen LogP) is 3.75. The van der Waals surface area contributed by atoms with Crippen molar-refractivity contribution < 1.29 is 4.79 Å². The molecule has 1 aromatic heterocycles. The summed E-state index contributed by atoms with van der Waals surface area (Å²) in [4.78, 5) is 27.0. The van der Waals surface area contributed by atoms with Crippen LogP contribution in [-0.4, -0.2) is 15.7 Å². The Morgan fingerprint density at radius 1 is 0.963 bits per heavy atom. The van der Waals surface area contributed by atoms with Crippen LogP contribution in [0.25, 0.3) is 0 Å². The van der Waals surface area contributed by atoms with Gasteiger partial charge in [-0.05, 0) is 29.7 Å². The highest BCUT2D eigenvalue weighted by Gasteiger charge is 2.20. The normalized spacial score (nSPS) is 10.8. The molecule has 5 nitrogen and oxygen atoms in total. The Balaban J connectivity index is 1.97. The Kier molecular flexibility index (Phi) is 5.81. The van der Waals surface area contributed by atoms with Gasteiger partial charge in [-0.3, -0.25) is 9.59 Å². The van der Waals surface area contributed by atoms with Gasteiger partial charge in [0.25, 0.3) is 11.5 Å². The summed E-state index contributed by atoms with van der Waals surface area (Å²) in [6.45, 7) is 4.92. The van der Waals surface area contributed by atoms with Gasteiger partial charge in [0, 0.05) is 18.3 Å². The van der Waals surface area contributed by atoms with Gasteiger partial charge in [0.05, 0.1) is 6.54 Å². The van der Waals surface area contributed by atoms with Crippen LogP contribution in [0.4, 0.5) is 5.69 Å². The number of hydrogen-bond donors (Lipinski definition) is 0. The quantitative estimate of drug-likeness (QED) is 0.672. The largest absolute Gasteiger partial charge is 0.303 e. The number of nitrogens with zero attached hydrogens (tertiary/aromatic N) is 3. The molecule has 0 atom stereocenters. The molecular formula is C22H23N3O2. The third kappa shape index (κ3) is 4.70. The maximum Gasteiger partial charge on any atom is 0.279 e. The van der Waals surface area contributed by atoms with Crippen molar-refractivity contribution in [1.82, 2.24) is 9.78 Å². The number of hydrogen-bond acceptors (Lipinski definition) is 3. The summed E-state index contributed by atoms with van der Waals surface area (Å²) in [6.07, 6.45) is 0. The first kappa shape index (κ1) is 18.6. The van der Waals surface area contributed by atoms with Gasteiger partial charge in [-0.2, -0.15) is 5.10 Å². The lowest BCUT2D eigenvalue weighted by Gasteiger charge is -2.23. The molecule has 0 radical (unpaired) electrons. The van der Waals surface area contributed by atoms with E-state index in [1.807, 2.05) is 74.5 Å². The molecule has 1 amide bonds. The molecule has 0 saturated heterocycles. The Morgan fingerprint density at radius 3 is 2.22 bits per heavy atom. The molecule has 0 saturated carbocycles. The summed E-state index contributed by atoms with van der Waals surface area (Å²) >= 11 is 0. The van der Waals surface area contributed by atoms with Crippen LogP contribution in [0.1, 0.15) is 29.9 Å². The highest BCUT2D eigenvalue weighted by molar-refractivity contribution is 6.04. The Bertz CT molecular complexity index is 950. The molecule has 5 heteroatoms. The van der Waals surface area contributed by atoms with E-state index in [0.717, 1.165) is 11.3 Å². The van der Waals surface area contributed by atoms with E-state index in [9.17, 15) is 9.59 Å². The molecule has 0 aliphatic heterocycles. The molecule has 0 N–H and O–H groups in total.